The summed E-state index contributed by atoms with van der Waals surface area (Å²) in [7, 11) is 2.26. The molecule has 3 heteroatoms. The second-order valence-electron chi connectivity index (χ2n) is 5.68. The Hall–Kier alpha value is -0.120. The maximum Gasteiger partial charge on any atom is 0.0220 e. The summed E-state index contributed by atoms with van der Waals surface area (Å²) in [6.45, 7) is 13.0. The molecule has 1 fully saturated rings. The van der Waals surface area contributed by atoms with Gasteiger partial charge in [-0.3, -0.25) is 4.90 Å². The van der Waals surface area contributed by atoms with Gasteiger partial charge in [-0.05, 0) is 45.8 Å². The van der Waals surface area contributed by atoms with E-state index in [0.717, 1.165) is 12.6 Å². The molecular formula is C15H33N3. The molecule has 1 aliphatic heterocycles. The standard InChI is InChI=1S/C15H33N3/c1-5-14(6-2)16-9-12-18-11-8-10-17(4)13-15(18)7-3/h14-16H,5-13H2,1-4H3. The molecule has 0 spiro atoms. The zero-order valence-corrected chi connectivity index (χ0v) is 12.9. The van der Waals surface area contributed by atoms with Crippen molar-refractivity contribution in [1.29, 1.82) is 0 Å². The van der Waals surface area contributed by atoms with E-state index >= 15 is 0 Å². The van der Waals surface area contributed by atoms with E-state index in [-0.39, 0.29) is 0 Å². The molecule has 1 unspecified atom stereocenters. The molecule has 0 aliphatic carbocycles. The summed E-state index contributed by atoms with van der Waals surface area (Å²) < 4.78 is 0. The zero-order chi connectivity index (χ0) is 13.4. The number of nitrogens with zero attached hydrogens (tertiary/aromatic N) is 2. The fourth-order valence-corrected chi connectivity index (χ4v) is 2.96. The predicted molar refractivity (Wildman–Crippen MR) is 80.1 cm³/mol. The predicted octanol–water partition coefficient (Wildman–Crippen LogP) is 2.18. The van der Waals surface area contributed by atoms with E-state index in [0.29, 0.717) is 6.04 Å². The van der Waals surface area contributed by atoms with Crippen molar-refractivity contribution in [2.24, 2.45) is 0 Å². The first-order valence-electron chi connectivity index (χ1n) is 7.87. The Labute approximate surface area is 114 Å². The van der Waals surface area contributed by atoms with Crippen molar-refractivity contribution >= 4 is 0 Å². The Balaban J connectivity index is 2.33. The second kappa shape index (κ2) is 8.89. The molecule has 0 aromatic heterocycles. The van der Waals surface area contributed by atoms with Crippen LogP contribution in [0.4, 0.5) is 0 Å². The van der Waals surface area contributed by atoms with Gasteiger partial charge in [0.15, 0.2) is 0 Å². The van der Waals surface area contributed by atoms with Crippen molar-refractivity contribution in [3.8, 4) is 0 Å². The van der Waals surface area contributed by atoms with Crippen molar-refractivity contribution in [2.75, 3.05) is 39.8 Å². The van der Waals surface area contributed by atoms with Crippen molar-refractivity contribution < 1.29 is 0 Å². The van der Waals surface area contributed by atoms with Crippen LogP contribution in [-0.2, 0) is 0 Å². The van der Waals surface area contributed by atoms with E-state index in [1.165, 1.54) is 51.9 Å². The lowest BCUT2D eigenvalue weighted by Gasteiger charge is -2.30. The molecule has 0 radical (unpaired) electrons. The van der Waals surface area contributed by atoms with Crippen LogP contribution in [0.25, 0.3) is 0 Å². The summed E-state index contributed by atoms with van der Waals surface area (Å²) in [4.78, 5) is 5.18. The van der Waals surface area contributed by atoms with E-state index in [2.05, 4.69) is 42.9 Å². The molecular weight excluding hydrogens is 222 g/mol. The van der Waals surface area contributed by atoms with Crippen LogP contribution in [0.15, 0.2) is 0 Å². The lowest BCUT2D eigenvalue weighted by molar-refractivity contribution is 0.182. The smallest absolute Gasteiger partial charge is 0.0220 e. The SMILES string of the molecule is CCC(CC)NCCN1CCCN(C)CC1CC. The van der Waals surface area contributed by atoms with E-state index in [1.807, 2.05) is 0 Å². The molecule has 1 heterocycles. The fourth-order valence-electron chi connectivity index (χ4n) is 2.96. The molecule has 1 atom stereocenters. The van der Waals surface area contributed by atoms with Crippen LogP contribution in [0.1, 0.15) is 46.5 Å². The minimum absolute atomic E-state index is 0.708. The Bertz CT molecular complexity index is 204. The third-order valence-corrected chi connectivity index (χ3v) is 4.31. The molecule has 108 valence electrons. The van der Waals surface area contributed by atoms with Gasteiger partial charge in [-0.2, -0.15) is 0 Å². The quantitative estimate of drug-likeness (QED) is 0.752. The molecule has 1 saturated heterocycles. The highest BCUT2D eigenvalue weighted by atomic mass is 15.2. The van der Waals surface area contributed by atoms with Gasteiger partial charge in [0.05, 0.1) is 0 Å². The van der Waals surface area contributed by atoms with Gasteiger partial charge >= 0.3 is 0 Å². The van der Waals surface area contributed by atoms with E-state index in [9.17, 15) is 0 Å². The third kappa shape index (κ3) is 5.25. The summed E-state index contributed by atoms with van der Waals surface area (Å²) in [5.41, 5.74) is 0. The molecule has 1 rings (SSSR count). The highest BCUT2D eigenvalue weighted by molar-refractivity contribution is 4.78. The average molecular weight is 255 g/mol. The van der Waals surface area contributed by atoms with Gasteiger partial charge in [0.1, 0.15) is 0 Å². The molecule has 18 heavy (non-hydrogen) atoms. The maximum atomic E-state index is 3.69. The Kier molecular flexibility index (Phi) is 7.87. The summed E-state index contributed by atoms with van der Waals surface area (Å²) in [6, 6.07) is 1.46. The van der Waals surface area contributed by atoms with Gasteiger partial charge in [0.2, 0.25) is 0 Å². The fraction of sp³-hybridized carbons (Fsp3) is 1.00. The van der Waals surface area contributed by atoms with Crippen molar-refractivity contribution in [2.45, 2.75) is 58.5 Å². The molecule has 0 aromatic rings. The normalized spacial score (nSPS) is 23.5. The lowest BCUT2D eigenvalue weighted by atomic mass is 10.1. The number of rotatable bonds is 7. The average Bonchev–Trinajstić information content (AvgIpc) is 2.56. The summed E-state index contributed by atoms with van der Waals surface area (Å²) in [5.74, 6) is 0. The number of hydrogen-bond donors (Lipinski definition) is 1. The van der Waals surface area contributed by atoms with Crippen LogP contribution in [0, 0.1) is 0 Å². The molecule has 0 saturated carbocycles. The van der Waals surface area contributed by atoms with Crippen LogP contribution in [0.5, 0.6) is 0 Å². The minimum Gasteiger partial charge on any atom is -0.313 e. The topological polar surface area (TPSA) is 18.5 Å². The van der Waals surface area contributed by atoms with Crippen molar-refractivity contribution in [3.63, 3.8) is 0 Å². The van der Waals surface area contributed by atoms with E-state index in [4.69, 9.17) is 0 Å². The molecule has 0 bridgehead atoms. The van der Waals surface area contributed by atoms with Crippen LogP contribution >= 0.6 is 0 Å². The molecule has 1 N–H and O–H groups in total. The Morgan fingerprint density at radius 1 is 1.17 bits per heavy atom. The Morgan fingerprint density at radius 2 is 1.89 bits per heavy atom. The van der Waals surface area contributed by atoms with Gasteiger partial charge in [-0.1, -0.05) is 20.8 Å². The van der Waals surface area contributed by atoms with Gasteiger partial charge in [-0.15, -0.1) is 0 Å². The second-order valence-corrected chi connectivity index (χ2v) is 5.68. The van der Waals surface area contributed by atoms with Crippen molar-refractivity contribution in [1.82, 2.24) is 15.1 Å². The third-order valence-electron chi connectivity index (χ3n) is 4.31. The van der Waals surface area contributed by atoms with E-state index < -0.39 is 0 Å². The first-order chi connectivity index (χ1) is 8.71. The summed E-state index contributed by atoms with van der Waals surface area (Å²) in [5, 5.41) is 3.69. The summed E-state index contributed by atoms with van der Waals surface area (Å²) >= 11 is 0. The highest BCUT2D eigenvalue weighted by Crippen LogP contribution is 2.11. The van der Waals surface area contributed by atoms with Gasteiger partial charge in [0.25, 0.3) is 0 Å². The minimum atomic E-state index is 0.708. The monoisotopic (exact) mass is 255 g/mol. The van der Waals surface area contributed by atoms with E-state index in [1.54, 1.807) is 0 Å². The number of likely N-dealkylation sites (N-methyl/N-ethyl adjacent to an activating group) is 1. The molecule has 0 aromatic carbocycles. The summed E-state index contributed by atoms with van der Waals surface area (Å²) in [6.07, 6.45) is 5.08. The molecule has 3 nitrogen and oxygen atoms in total. The Morgan fingerprint density at radius 3 is 2.50 bits per heavy atom. The first-order valence-corrected chi connectivity index (χ1v) is 7.87. The van der Waals surface area contributed by atoms with Crippen molar-refractivity contribution in [3.05, 3.63) is 0 Å². The van der Waals surface area contributed by atoms with Crippen LogP contribution in [0.2, 0.25) is 0 Å². The largest absolute Gasteiger partial charge is 0.313 e. The van der Waals surface area contributed by atoms with Gasteiger partial charge < -0.3 is 10.2 Å². The maximum absolute atomic E-state index is 3.69. The lowest BCUT2D eigenvalue weighted by Crippen LogP contribution is -2.44. The van der Waals surface area contributed by atoms with Crippen LogP contribution in [-0.4, -0.2) is 61.7 Å². The van der Waals surface area contributed by atoms with Gasteiger partial charge in [-0.25, -0.2) is 0 Å². The number of nitrogens with one attached hydrogen (secondary N) is 1. The van der Waals surface area contributed by atoms with Crippen LogP contribution in [0.3, 0.4) is 0 Å². The molecule has 0 amide bonds. The first kappa shape index (κ1) is 15.9. The highest BCUT2D eigenvalue weighted by Gasteiger charge is 2.21. The zero-order valence-electron chi connectivity index (χ0n) is 12.9. The molecule has 1 aliphatic rings. The van der Waals surface area contributed by atoms with Gasteiger partial charge in [0, 0.05) is 31.7 Å². The van der Waals surface area contributed by atoms with Crippen LogP contribution < -0.4 is 5.32 Å². The number of hydrogen-bond acceptors (Lipinski definition) is 3.